The molecule has 36 heavy (non-hydrogen) atoms. The summed E-state index contributed by atoms with van der Waals surface area (Å²) >= 11 is 1.12. The fourth-order valence-electron chi connectivity index (χ4n) is 5.27. The highest BCUT2D eigenvalue weighted by Gasteiger charge is 2.81. The van der Waals surface area contributed by atoms with Gasteiger partial charge in [0.05, 0.1) is 17.1 Å². The van der Waals surface area contributed by atoms with Crippen LogP contribution in [0.25, 0.3) is 0 Å². The van der Waals surface area contributed by atoms with Crippen molar-refractivity contribution in [2.75, 3.05) is 5.75 Å². The minimum absolute atomic E-state index is 0.0872. The van der Waals surface area contributed by atoms with E-state index in [0.29, 0.717) is 22.4 Å². The second-order valence-corrected chi connectivity index (χ2v) is 10.2. The summed E-state index contributed by atoms with van der Waals surface area (Å²) in [7, 11) is 0. The van der Waals surface area contributed by atoms with Crippen LogP contribution in [0, 0.1) is 12.8 Å². The number of aryl methyl sites for hydroxylation is 1. The molecule has 0 bridgehead atoms. The van der Waals surface area contributed by atoms with Crippen LogP contribution in [0.15, 0.2) is 71.7 Å². The molecule has 2 aromatic carbocycles. The highest BCUT2D eigenvalue weighted by molar-refractivity contribution is 8.14. The number of esters is 1. The molecule has 0 radical (unpaired) electrons. The van der Waals surface area contributed by atoms with Crippen LogP contribution in [0.5, 0.6) is 5.88 Å². The van der Waals surface area contributed by atoms with Gasteiger partial charge in [-0.1, -0.05) is 60.3 Å². The van der Waals surface area contributed by atoms with E-state index >= 15 is 0 Å². The van der Waals surface area contributed by atoms with Crippen LogP contribution in [-0.4, -0.2) is 49.0 Å². The van der Waals surface area contributed by atoms with Gasteiger partial charge in [0.2, 0.25) is 11.0 Å². The molecule has 1 saturated carbocycles. The number of hydrogen-bond donors (Lipinski definition) is 1. The summed E-state index contributed by atoms with van der Waals surface area (Å²) in [6.07, 6.45) is 0.325. The van der Waals surface area contributed by atoms with E-state index < -0.39 is 35.4 Å². The molecule has 3 fully saturated rings. The number of nitrogens with zero attached hydrogens (tertiary/aromatic N) is 2. The van der Waals surface area contributed by atoms with Gasteiger partial charge in [0, 0.05) is 29.5 Å². The summed E-state index contributed by atoms with van der Waals surface area (Å²) in [6.45, 7) is 1.67. The summed E-state index contributed by atoms with van der Waals surface area (Å²) in [5.74, 6) is -2.07. The standard InChI is InChI=1S/C26H22N2O7S/c1-15-12-28(24(31)27-20(15)33-22(29)16-8-4-2-5-9-16)21-18-19-25(35-21,13-26(19,32)34-18)14-36-23(30)17-10-6-3-7-11-17/h2-12,18-19,21,32H,13-14H2,1H3/t18?,19?,21-,25-,26?/m1/s1. The first-order chi connectivity index (χ1) is 17.3. The van der Waals surface area contributed by atoms with Crippen LogP contribution in [0.3, 0.4) is 0 Å². The summed E-state index contributed by atoms with van der Waals surface area (Å²) in [5, 5.41) is 10.6. The number of thioether (sulfide) groups is 1. The van der Waals surface area contributed by atoms with Gasteiger partial charge in [-0.15, -0.1) is 0 Å². The van der Waals surface area contributed by atoms with E-state index in [1.807, 2.05) is 6.07 Å². The second-order valence-electron chi connectivity index (χ2n) is 9.27. The largest absolute Gasteiger partial charge is 0.403 e. The number of ether oxygens (including phenoxy) is 3. The number of carbonyl (C=O) groups excluding carboxylic acids is 2. The van der Waals surface area contributed by atoms with Gasteiger partial charge < -0.3 is 19.3 Å². The average Bonchev–Trinajstić information content (AvgIpc) is 3.00. The molecule has 1 N–H and O–H groups in total. The molecule has 3 aliphatic rings. The number of benzene rings is 2. The third-order valence-corrected chi connectivity index (χ3v) is 8.06. The number of rotatable bonds is 6. The van der Waals surface area contributed by atoms with Gasteiger partial charge in [-0.3, -0.25) is 9.36 Å². The lowest BCUT2D eigenvalue weighted by Gasteiger charge is -2.62. The molecule has 2 saturated heterocycles. The van der Waals surface area contributed by atoms with Gasteiger partial charge in [0.1, 0.15) is 6.10 Å². The maximum atomic E-state index is 12.9. The topological polar surface area (TPSA) is 117 Å². The number of aromatic nitrogens is 2. The van der Waals surface area contributed by atoms with Crippen molar-refractivity contribution in [3.63, 3.8) is 0 Å². The number of aliphatic hydroxyl groups is 1. The molecule has 10 heteroatoms. The summed E-state index contributed by atoms with van der Waals surface area (Å²) in [4.78, 5) is 41.9. The highest BCUT2D eigenvalue weighted by atomic mass is 32.2. The average molecular weight is 507 g/mol. The van der Waals surface area contributed by atoms with Crippen LogP contribution >= 0.6 is 11.8 Å². The molecule has 3 heterocycles. The smallest absolute Gasteiger partial charge is 0.353 e. The second kappa shape index (κ2) is 8.38. The van der Waals surface area contributed by atoms with Crippen molar-refractivity contribution < 1.29 is 28.9 Å². The fourth-order valence-corrected chi connectivity index (χ4v) is 6.30. The zero-order valence-electron chi connectivity index (χ0n) is 19.2. The quantitative estimate of drug-likeness (QED) is 0.504. The zero-order valence-corrected chi connectivity index (χ0v) is 20.0. The SMILES string of the molecule is Cc1cn([C@@H]2O[C@@]3(CSC(=O)c4ccccc4)CC4(O)OC2C43)c(=O)nc1OC(=O)c1ccccc1. The normalized spacial score (nSPS) is 29.6. The Kier molecular flexibility index (Phi) is 5.38. The molecule has 5 atom stereocenters. The molecule has 2 aliphatic heterocycles. The van der Waals surface area contributed by atoms with E-state index in [0.717, 1.165) is 11.8 Å². The van der Waals surface area contributed by atoms with E-state index in [2.05, 4.69) is 4.98 Å². The van der Waals surface area contributed by atoms with Crippen LogP contribution in [-0.2, 0) is 9.47 Å². The van der Waals surface area contributed by atoms with Gasteiger partial charge in [-0.2, -0.15) is 4.98 Å². The first kappa shape index (κ1) is 23.1. The van der Waals surface area contributed by atoms with Crippen LogP contribution in [0.4, 0.5) is 0 Å². The van der Waals surface area contributed by atoms with Crippen LogP contribution < -0.4 is 10.4 Å². The van der Waals surface area contributed by atoms with Crippen molar-refractivity contribution in [2.45, 2.75) is 37.1 Å². The predicted molar refractivity (Wildman–Crippen MR) is 129 cm³/mol. The molecule has 1 aromatic heterocycles. The van der Waals surface area contributed by atoms with Gasteiger partial charge in [0.15, 0.2) is 12.0 Å². The Bertz CT molecular complexity index is 1410. The first-order valence-electron chi connectivity index (χ1n) is 11.5. The van der Waals surface area contributed by atoms with E-state index in [9.17, 15) is 19.5 Å². The highest BCUT2D eigenvalue weighted by Crippen LogP contribution is 2.68. The van der Waals surface area contributed by atoms with E-state index in [1.165, 1.54) is 10.8 Å². The third-order valence-electron chi connectivity index (χ3n) is 6.93. The summed E-state index contributed by atoms with van der Waals surface area (Å²) in [6, 6.07) is 17.4. The lowest BCUT2D eigenvalue weighted by atomic mass is 9.60. The van der Waals surface area contributed by atoms with Crippen molar-refractivity contribution in [3.05, 3.63) is 94.0 Å². The molecule has 6 rings (SSSR count). The Morgan fingerprint density at radius 3 is 2.44 bits per heavy atom. The molecular weight excluding hydrogens is 484 g/mol. The van der Waals surface area contributed by atoms with Crippen LogP contribution in [0.2, 0.25) is 0 Å². The Balaban J connectivity index is 1.21. The van der Waals surface area contributed by atoms with E-state index in [4.69, 9.17) is 14.2 Å². The minimum Gasteiger partial charge on any atom is -0.403 e. The molecule has 3 aromatic rings. The molecular formula is C26H22N2O7S. The Hall–Kier alpha value is -3.31. The Labute approximate surface area is 210 Å². The zero-order chi connectivity index (χ0) is 25.1. The molecule has 9 nitrogen and oxygen atoms in total. The molecule has 0 spiro atoms. The van der Waals surface area contributed by atoms with Crippen molar-refractivity contribution >= 4 is 22.8 Å². The van der Waals surface area contributed by atoms with Gasteiger partial charge in [0.25, 0.3) is 0 Å². The molecule has 3 unspecified atom stereocenters. The maximum absolute atomic E-state index is 12.9. The van der Waals surface area contributed by atoms with E-state index in [-0.39, 0.29) is 23.3 Å². The molecule has 184 valence electrons. The van der Waals surface area contributed by atoms with Crippen molar-refractivity contribution in [3.8, 4) is 5.88 Å². The lowest BCUT2D eigenvalue weighted by Crippen LogP contribution is -2.77. The van der Waals surface area contributed by atoms with Crippen molar-refractivity contribution in [1.82, 2.24) is 9.55 Å². The van der Waals surface area contributed by atoms with Crippen LogP contribution in [0.1, 0.15) is 38.9 Å². The summed E-state index contributed by atoms with van der Waals surface area (Å²) < 4.78 is 18.7. The predicted octanol–water partition coefficient (Wildman–Crippen LogP) is 2.72. The van der Waals surface area contributed by atoms with Crippen molar-refractivity contribution in [1.29, 1.82) is 0 Å². The fraction of sp³-hybridized carbons (Fsp3) is 0.308. The molecule has 1 aliphatic carbocycles. The van der Waals surface area contributed by atoms with Gasteiger partial charge in [-0.05, 0) is 19.1 Å². The number of carbonyl (C=O) groups is 2. The lowest BCUT2D eigenvalue weighted by molar-refractivity contribution is -0.427. The third kappa shape index (κ3) is 3.60. The Morgan fingerprint density at radius 1 is 1.11 bits per heavy atom. The first-order valence-corrected chi connectivity index (χ1v) is 12.5. The maximum Gasteiger partial charge on any atom is 0.353 e. The van der Waals surface area contributed by atoms with Gasteiger partial charge >= 0.3 is 11.7 Å². The number of hydrogen-bond acceptors (Lipinski definition) is 9. The monoisotopic (exact) mass is 506 g/mol. The van der Waals surface area contributed by atoms with E-state index in [1.54, 1.807) is 61.5 Å². The van der Waals surface area contributed by atoms with Gasteiger partial charge in [-0.25, -0.2) is 9.59 Å². The molecule has 0 amide bonds. The minimum atomic E-state index is -1.31. The Morgan fingerprint density at radius 2 is 1.78 bits per heavy atom. The summed E-state index contributed by atoms with van der Waals surface area (Å²) in [5.41, 5.74) is -0.0984. The van der Waals surface area contributed by atoms with Crippen molar-refractivity contribution in [2.24, 2.45) is 5.92 Å².